The lowest BCUT2D eigenvalue weighted by atomic mass is 10.1. The molecule has 1 saturated heterocycles. The van der Waals surface area contributed by atoms with E-state index >= 15 is 0 Å². The zero-order valence-corrected chi connectivity index (χ0v) is 27.5. The third-order valence-electron chi connectivity index (χ3n) is 7.66. The third kappa shape index (κ3) is 7.75. The van der Waals surface area contributed by atoms with Gasteiger partial charge in [0.1, 0.15) is 29.6 Å². The molecule has 8 nitrogen and oxygen atoms in total. The normalized spacial score (nSPS) is 13.2. The quantitative estimate of drug-likeness (QED) is 0.145. The van der Waals surface area contributed by atoms with Gasteiger partial charge in [0.15, 0.2) is 0 Å². The van der Waals surface area contributed by atoms with Crippen molar-refractivity contribution in [1.82, 2.24) is 19.9 Å². The second-order valence-corrected chi connectivity index (χ2v) is 12.9. The molecule has 1 fully saturated rings. The van der Waals surface area contributed by atoms with Gasteiger partial charge in [0.05, 0.1) is 26.3 Å². The fourth-order valence-electron chi connectivity index (χ4n) is 5.27. The summed E-state index contributed by atoms with van der Waals surface area (Å²) in [7, 11) is 0. The maximum absolute atomic E-state index is 14.2. The molecule has 12 heteroatoms. The number of thiazole rings is 1. The molecule has 47 heavy (non-hydrogen) atoms. The van der Waals surface area contributed by atoms with Gasteiger partial charge in [-0.15, -0.1) is 11.3 Å². The fourth-order valence-corrected chi connectivity index (χ4v) is 6.56. The second kappa shape index (κ2) is 14.5. The van der Waals surface area contributed by atoms with Crippen LogP contribution in [0.1, 0.15) is 48.0 Å². The number of rotatable bonds is 11. The molecule has 0 saturated carbocycles. The van der Waals surface area contributed by atoms with Crippen LogP contribution < -0.4 is 15.4 Å². The lowest BCUT2D eigenvalue weighted by Crippen LogP contribution is -2.25. The van der Waals surface area contributed by atoms with Gasteiger partial charge in [0, 0.05) is 35.6 Å². The number of amides is 1. The molecule has 5 aromatic rings. The number of anilines is 3. The predicted octanol–water partition coefficient (Wildman–Crippen LogP) is 8.79. The summed E-state index contributed by atoms with van der Waals surface area (Å²) in [4.78, 5) is 30.1. The van der Waals surface area contributed by atoms with Crippen LogP contribution >= 0.6 is 22.9 Å². The van der Waals surface area contributed by atoms with Gasteiger partial charge in [-0.3, -0.25) is 9.69 Å². The summed E-state index contributed by atoms with van der Waals surface area (Å²) in [6, 6.07) is 17.6. The van der Waals surface area contributed by atoms with Gasteiger partial charge >= 0.3 is 0 Å². The van der Waals surface area contributed by atoms with Crippen molar-refractivity contribution in [2.24, 2.45) is 0 Å². The molecular formula is C35H33ClF2N6O2S. The van der Waals surface area contributed by atoms with Crippen LogP contribution in [0.4, 0.5) is 26.1 Å². The first-order valence-corrected chi connectivity index (χ1v) is 16.6. The van der Waals surface area contributed by atoms with Crippen LogP contribution in [0.15, 0.2) is 72.9 Å². The summed E-state index contributed by atoms with van der Waals surface area (Å²) < 4.78 is 34.4. The van der Waals surface area contributed by atoms with Crippen LogP contribution in [-0.4, -0.2) is 52.0 Å². The first kappa shape index (κ1) is 32.5. The van der Waals surface area contributed by atoms with Crippen LogP contribution in [-0.2, 0) is 0 Å². The molecule has 1 aliphatic rings. The fraction of sp³-hybridized carbons (Fsp3) is 0.257. The van der Waals surface area contributed by atoms with Crippen molar-refractivity contribution < 1.29 is 18.3 Å². The Morgan fingerprint density at radius 2 is 1.77 bits per heavy atom. The summed E-state index contributed by atoms with van der Waals surface area (Å²) in [5, 5.41) is 7.23. The van der Waals surface area contributed by atoms with Crippen molar-refractivity contribution in [2.45, 2.75) is 32.6 Å². The average Bonchev–Trinajstić information content (AvgIpc) is 3.73. The van der Waals surface area contributed by atoms with Gasteiger partial charge in [-0.2, -0.15) is 0 Å². The topological polar surface area (TPSA) is 92.3 Å². The molecule has 0 atom stereocenters. The van der Waals surface area contributed by atoms with E-state index in [2.05, 4.69) is 34.4 Å². The van der Waals surface area contributed by atoms with Gasteiger partial charge in [-0.1, -0.05) is 43.6 Å². The standard InChI is InChI=1S/C35H33ClF2N6O2S/c1-21(2)34-43-31(22-7-5-8-23(19-22)40-33(45)30-26(37)9-6-10-27(30)38)32(47-34)28-13-14-39-35(42-28)41-24-11-12-29(25(36)20-24)46-18-17-44-15-3-4-16-44/h5-14,19-21H,3-4,15-18H2,1-2H3,(H,40,45)(H,39,41,42). The molecule has 2 aromatic heterocycles. The van der Waals surface area contributed by atoms with Crippen molar-refractivity contribution in [3.8, 4) is 27.6 Å². The number of carbonyl (C=O) groups is 1. The van der Waals surface area contributed by atoms with E-state index in [0.29, 0.717) is 51.7 Å². The summed E-state index contributed by atoms with van der Waals surface area (Å²) in [5.41, 5.74) is 2.45. The molecule has 1 aliphatic heterocycles. The molecule has 0 bridgehead atoms. The number of ether oxygens (including phenoxy) is 1. The Kier molecular flexibility index (Phi) is 10.1. The second-order valence-electron chi connectivity index (χ2n) is 11.4. The minimum Gasteiger partial charge on any atom is -0.491 e. The van der Waals surface area contributed by atoms with E-state index in [1.807, 2.05) is 24.3 Å². The molecule has 2 N–H and O–H groups in total. The first-order chi connectivity index (χ1) is 22.7. The number of nitrogens with zero attached hydrogens (tertiary/aromatic N) is 4. The van der Waals surface area contributed by atoms with E-state index in [1.165, 1.54) is 30.2 Å². The number of nitrogens with one attached hydrogen (secondary N) is 2. The Labute approximate surface area is 280 Å². The molecule has 0 unspecified atom stereocenters. The lowest BCUT2D eigenvalue weighted by Gasteiger charge is -2.16. The minimum atomic E-state index is -0.936. The molecular weight excluding hydrogens is 642 g/mol. The maximum Gasteiger partial charge on any atom is 0.261 e. The molecule has 3 aromatic carbocycles. The number of carbonyl (C=O) groups excluding carboxylic acids is 1. The molecule has 242 valence electrons. The molecule has 6 rings (SSSR count). The van der Waals surface area contributed by atoms with Crippen molar-refractivity contribution in [3.05, 3.63) is 100 Å². The largest absolute Gasteiger partial charge is 0.491 e. The average molecular weight is 675 g/mol. The highest BCUT2D eigenvalue weighted by molar-refractivity contribution is 7.15. The molecule has 0 radical (unpaired) electrons. The Bertz CT molecular complexity index is 1880. The SMILES string of the molecule is CC(C)c1nc(-c2cccc(NC(=O)c3c(F)cccc3F)c2)c(-c2ccnc(Nc3ccc(OCCN4CCCC4)c(Cl)c3)n2)s1. The summed E-state index contributed by atoms with van der Waals surface area (Å²) >= 11 is 8.06. The smallest absolute Gasteiger partial charge is 0.261 e. The Morgan fingerprint density at radius 1 is 1.00 bits per heavy atom. The monoisotopic (exact) mass is 674 g/mol. The van der Waals surface area contributed by atoms with Crippen molar-refractivity contribution in [1.29, 1.82) is 0 Å². The van der Waals surface area contributed by atoms with Crippen LogP contribution in [0.2, 0.25) is 5.02 Å². The van der Waals surface area contributed by atoms with Crippen LogP contribution in [0, 0.1) is 11.6 Å². The van der Waals surface area contributed by atoms with E-state index in [-0.39, 0.29) is 5.92 Å². The molecule has 1 amide bonds. The number of benzene rings is 3. The third-order valence-corrected chi connectivity index (χ3v) is 9.34. The van der Waals surface area contributed by atoms with E-state index in [1.54, 1.807) is 30.5 Å². The number of halogens is 3. The van der Waals surface area contributed by atoms with Crippen molar-refractivity contribution >= 4 is 46.2 Å². The zero-order valence-electron chi connectivity index (χ0n) is 25.9. The Morgan fingerprint density at radius 3 is 2.51 bits per heavy atom. The van der Waals surface area contributed by atoms with Crippen LogP contribution in [0.5, 0.6) is 5.75 Å². The van der Waals surface area contributed by atoms with E-state index < -0.39 is 23.1 Å². The van der Waals surface area contributed by atoms with Crippen molar-refractivity contribution in [3.63, 3.8) is 0 Å². The van der Waals surface area contributed by atoms with Gasteiger partial charge in [0.2, 0.25) is 5.95 Å². The Hall–Kier alpha value is -4.45. The van der Waals surface area contributed by atoms with E-state index in [4.69, 9.17) is 26.3 Å². The van der Waals surface area contributed by atoms with Crippen molar-refractivity contribution in [2.75, 3.05) is 36.9 Å². The Balaban J connectivity index is 1.22. The first-order valence-electron chi connectivity index (χ1n) is 15.4. The number of hydrogen-bond donors (Lipinski definition) is 2. The minimum absolute atomic E-state index is 0.150. The van der Waals surface area contributed by atoms with Gasteiger partial charge in [0.25, 0.3) is 5.91 Å². The van der Waals surface area contributed by atoms with E-state index in [0.717, 1.165) is 41.7 Å². The highest BCUT2D eigenvalue weighted by Gasteiger charge is 2.21. The van der Waals surface area contributed by atoms with E-state index in [9.17, 15) is 13.6 Å². The number of hydrogen-bond acceptors (Lipinski definition) is 8. The summed E-state index contributed by atoms with van der Waals surface area (Å²) in [6.45, 7) is 7.80. The highest BCUT2D eigenvalue weighted by Crippen LogP contribution is 2.39. The highest BCUT2D eigenvalue weighted by atomic mass is 35.5. The predicted molar refractivity (Wildman–Crippen MR) is 183 cm³/mol. The number of aromatic nitrogens is 3. The maximum atomic E-state index is 14.2. The summed E-state index contributed by atoms with van der Waals surface area (Å²) in [5.74, 6) is -1.60. The van der Waals surface area contributed by atoms with Crippen LogP contribution in [0.25, 0.3) is 21.8 Å². The lowest BCUT2D eigenvalue weighted by molar-refractivity contribution is 0.101. The zero-order chi connectivity index (χ0) is 32.9. The molecule has 3 heterocycles. The van der Waals surface area contributed by atoms with Gasteiger partial charge in [-0.05, 0) is 74.5 Å². The van der Waals surface area contributed by atoms with Gasteiger partial charge < -0.3 is 15.4 Å². The summed E-state index contributed by atoms with van der Waals surface area (Å²) in [6.07, 6.45) is 4.14. The number of likely N-dealkylation sites (tertiary alicyclic amines) is 1. The van der Waals surface area contributed by atoms with Gasteiger partial charge in [-0.25, -0.2) is 23.7 Å². The molecule has 0 aliphatic carbocycles. The van der Waals surface area contributed by atoms with Crippen LogP contribution in [0.3, 0.4) is 0 Å². The molecule has 0 spiro atoms.